The van der Waals surface area contributed by atoms with Crippen molar-refractivity contribution in [3.8, 4) is 22.8 Å². The molecule has 2 N–H and O–H groups in total. The molecule has 1 aliphatic heterocycles. The Morgan fingerprint density at radius 2 is 1.82 bits per heavy atom. The zero-order valence-electron chi connectivity index (χ0n) is 20.1. The summed E-state index contributed by atoms with van der Waals surface area (Å²) < 4.78 is 17.2. The van der Waals surface area contributed by atoms with Gasteiger partial charge in [-0.2, -0.15) is 5.10 Å². The largest absolute Gasteiger partial charge is 0.490 e. The van der Waals surface area contributed by atoms with Crippen molar-refractivity contribution in [2.75, 3.05) is 71.6 Å². The molecule has 4 rings (SSSR count). The first-order valence-corrected chi connectivity index (χ1v) is 11.9. The van der Waals surface area contributed by atoms with Crippen molar-refractivity contribution in [3.63, 3.8) is 0 Å². The number of likely N-dealkylation sites (N-methyl/N-ethyl adjacent to an activating group) is 2. The number of hydrogen-bond acceptors (Lipinski definition) is 7. The average molecular weight is 466 g/mol. The normalized spacial score (nSPS) is 13.9. The molecule has 34 heavy (non-hydrogen) atoms. The minimum atomic E-state index is 0.477. The number of ether oxygens (including phenoxy) is 3. The highest BCUT2D eigenvalue weighted by Crippen LogP contribution is 2.25. The van der Waals surface area contributed by atoms with E-state index < -0.39 is 0 Å². The summed E-state index contributed by atoms with van der Waals surface area (Å²) in [6.45, 7) is 7.11. The van der Waals surface area contributed by atoms with Gasteiger partial charge < -0.3 is 29.3 Å². The Kier molecular flexibility index (Phi) is 8.78. The molecule has 1 saturated heterocycles. The number of hydrogen-bond donors (Lipinski definition) is 2. The van der Waals surface area contributed by atoms with Crippen LogP contribution in [0.1, 0.15) is 5.56 Å². The molecule has 1 fully saturated rings. The van der Waals surface area contributed by atoms with Crippen molar-refractivity contribution in [1.82, 2.24) is 20.4 Å². The number of nitrogens with one attached hydrogen (secondary N) is 2. The first-order chi connectivity index (χ1) is 16.7. The third kappa shape index (κ3) is 6.72. The van der Waals surface area contributed by atoms with Gasteiger partial charge in [0, 0.05) is 61.8 Å². The van der Waals surface area contributed by atoms with Crippen molar-refractivity contribution in [3.05, 3.63) is 60.3 Å². The summed E-state index contributed by atoms with van der Waals surface area (Å²) in [5.74, 6) is 1.67. The van der Waals surface area contributed by atoms with Crippen LogP contribution < -0.4 is 19.7 Å². The van der Waals surface area contributed by atoms with Crippen LogP contribution in [0.25, 0.3) is 11.3 Å². The minimum Gasteiger partial charge on any atom is -0.490 e. The zero-order valence-corrected chi connectivity index (χ0v) is 20.1. The summed E-state index contributed by atoms with van der Waals surface area (Å²) in [5.41, 5.74) is 4.40. The second-order valence-corrected chi connectivity index (χ2v) is 8.42. The summed E-state index contributed by atoms with van der Waals surface area (Å²) in [4.78, 5) is 4.60. The van der Waals surface area contributed by atoms with Gasteiger partial charge in [-0.05, 0) is 50.5 Å². The molecule has 2 heterocycles. The molecular formula is C26H35N5O3. The molecule has 182 valence electrons. The number of morpholine rings is 1. The predicted molar refractivity (Wildman–Crippen MR) is 135 cm³/mol. The summed E-state index contributed by atoms with van der Waals surface area (Å²) >= 11 is 0. The molecule has 8 nitrogen and oxygen atoms in total. The van der Waals surface area contributed by atoms with E-state index in [1.807, 2.05) is 37.5 Å². The Bertz CT molecular complexity index is 1000. The molecule has 8 heteroatoms. The lowest BCUT2D eigenvalue weighted by Gasteiger charge is -2.29. The number of rotatable bonds is 12. The van der Waals surface area contributed by atoms with E-state index in [0.29, 0.717) is 13.2 Å². The molecule has 0 saturated carbocycles. The fourth-order valence-corrected chi connectivity index (χ4v) is 3.98. The van der Waals surface area contributed by atoms with E-state index in [9.17, 15) is 0 Å². The van der Waals surface area contributed by atoms with E-state index in [0.717, 1.165) is 68.7 Å². The molecule has 0 unspecified atom stereocenters. The molecular weight excluding hydrogens is 430 g/mol. The van der Waals surface area contributed by atoms with Gasteiger partial charge in [0.25, 0.3) is 0 Å². The van der Waals surface area contributed by atoms with Crippen molar-refractivity contribution in [2.45, 2.75) is 6.54 Å². The van der Waals surface area contributed by atoms with E-state index in [4.69, 9.17) is 14.2 Å². The number of H-pyrrole nitrogens is 1. The number of nitrogens with zero attached hydrogens (tertiary/aromatic N) is 3. The van der Waals surface area contributed by atoms with Gasteiger partial charge in [0.15, 0.2) is 0 Å². The second-order valence-electron chi connectivity index (χ2n) is 8.42. The van der Waals surface area contributed by atoms with E-state index in [-0.39, 0.29) is 0 Å². The van der Waals surface area contributed by atoms with Gasteiger partial charge in [-0.15, -0.1) is 0 Å². The molecule has 0 bridgehead atoms. The van der Waals surface area contributed by atoms with Gasteiger partial charge in [0.2, 0.25) is 0 Å². The molecule has 2 aromatic carbocycles. The van der Waals surface area contributed by atoms with Crippen LogP contribution in [-0.4, -0.2) is 81.8 Å². The van der Waals surface area contributed by atoms with Gasteiger partial charge in [0.1, 0.15) is 24.7 Å². The smallest absolute Gasteiger partial charge is 0.122 e. The highest BCUT2D eigenvalue weighted by atomic mass is 16.5. The maximum Gasteiger partial charge on any atom is 0.122 e. The van der Waals surface area contributed by atoms with Crippen LogP contribution in [0.4, 0.5) is 5.69 Å². The molecule has 0 aliphatic carbocycles. The van der Waals surface area contributed by atoms with Crippen LogP contribution >= 0.6 is 0 Å². The van der Waals surface area contributed by atoms with Crippen molar-refractivity contribution in [2.24, 2.45) is 0 Å². The third-order valence-electron chi connectivity index (χ3n) is 5.85. The van der Waals surface area contributed by atoms with E-state index >= 15 is 0 Å². The molecule has 0 atom stereocenters. The topological polar surface area (TPSA) is 74.9 Å². The third-order valence-corrected chi connectivity index (χ3v) is 5.85. The number of aromatic nitrogens is 2. The number of anilines is 1. The fourth-order valence-electron chi connectivity index (χ4n) is 3.98. The van der Waals surface area contributed by atoms with Crippen molar-refractivity contribution < 1.29 is 14.2 Å². The predicted octanol–water partition coefficient (Wildman–Crippen LogP) is 3.02. The first kappa shape index (κ1) is 24.1. The highest BCUT2D eigenvalue weighted by molar-refractivity contribution is 5.63. The van der Waals surface area contributed by atoms with Crippen LogP contribution in [0.15, 0.2) is 54.7 Å². The summed E-state index contributed by atoms with van der Waals surface area (Å²) in [6, 6.07) is 16.3. The van der Waals surface area contributed by atoms with Gasteiger partial charge >= 0.3 is 0 Å². The molecule has 0 spiro atoms. The summed E-state index contributed by atoms with van der Waals surface area (Å²) in [6.07, 6.45) is 1.97. The van der Waals surface area contributed by atoms with Gasteiger partial charge in [-0.25, -0.2) is 0 Å². The lowest BCUT2D eigenvalue weighted by atomic mass is 10.1. The Balaban J connectivity index is 1.25. The van der Waals surface area contributed by atoms with Crippen LogP contribution in [-0.2, 0) is 11.3 Å². The Hall–Kier alpha value is -3.07. The SMILES string of the molecule is CNCCN(C)Cc1c[nH]nc1-c1ccc(OCCOc2cccc(N3CCOCC3)c2)cc1. The maximum atomic E-state index is 5.92. The van der Waals surface area contributed by atoms with Crippen molar-refractivity contribution in [1.29, 1.82) is 0 Å². The summed E-state index contributed by atoms with van der Waals surface area (Å²) in [7, 11) is 4.09. The monoisotopic (exact) mass is 465 g/mol. The molecule has 1 aliphatic rings. The molecule has 1 aromatic heterocycles. The minimum absolute atomic E-state index is 0.477. The van der Waals surface area contributed by atoms with Crippen LogP contribution in [0.3, 0.4) is 0 Å². The molecule has 0 radical (unpaired) electrons. The Morgan fingerprint density at radius 1 is 1.06 bits per heavy atom. The van der Waals surface area contributed by atoms with Crippen LogP contribution in [0.2, 0.25) is 0 Å². The molecule has 0 amide bonds. The molecule has 3 aromatic rings. The van der Waals surface area contributed by atoms with Crippen LogP contribution in [0.5, 0.6) is 11.5 Å². The van der Waals surface area contributed by atoms with Gasteiger partial charge in [-0.3, -0.25) is 5.10 Å². The van der Waals surface area contributed by atoms with Crippen molar-refractivity contribution >= 4 is 5.69 Å². The maximum absolute atomic E-state index is 5.92. The first-order valence-electron chi connectivity index (χ1n) is 11.9. The second kappa shape index (κ2) is 12.4. The Labute approximate surface area is 201 Å². The lowest BCUT2D eigenvalue weighted by Crippen LogP contribution is -2.36. The van der Waals surface area contributed by atoms with Gasteiger partial charge in [0.05, 0.1) is 18.9 Å². The Morgan fingerprint density at radius 3 is 2.59 bits per heavy atom. The highest BCUT2D eigenvalue weighted by Gasteiger charge is 2.12. The van der Waals surface area contributed by atoms with Crippen LogP contribution in [0, 0.1) is 0 Å². The number of aromatic amines is 1. The van der Waals surface area contributed by atoms with E-state index in [2.05, 4.69) is 56.6 Å². The van der Waals surface area contributed by atoms with E-state index in [1.54, 1.807) is 0 Å². The fraction of sp³-hybridized carbons (Fsp3) is 0.423. The zero-order chi connectivity index (χ0) is 23.6. The van der Waals surface area contributed by atoms with E-state index in [1.165, 1.54) is 11.3 Å². The lowest BCUT2D eigenvalue weighted by molar-refractivity contribution is 0.122. The summed E-state index contributed by atoms with van der Waals surface area (Å²) in [5, 5.41) is 10.6. The van der Waals surface area contributed by atoms with Gasteiger partial charge in [-0.1, -0.05) is 6.07 Å². The average Bonchev–Trinajstić information content (AvgIpc) is 3.34. The number of benzene rings is 2. The standard InChI is InChI=1S/C26H35N5O3/c1-27-10-11-30(2)20-22-19-28-29-26(22)21-6-8-24(9-7-21)33-16-17-34-25-5-3-4-23(18-25)31-12-14-32-15-13-31/h3-9,18-19,27H,10-17,20H2,1-2H3,(H,28,29). The quantitative estimate of drug-likeness (QED) is 0.398.